The summed E-state index contributed by atoms with van der Waals surface area (Å²) in [4.78, 5) is 0. The zero-order chi connectivity index (χ0) is 4.50. The standard InChI is InChI=1S/4O.Re/q;;;-1;/i;;;;1+2. The molecular weight excluding hydrogens is 252 g/mol. The van der Waals surface area contributed by atoms with Crippen molar-refractivity contribution in [3.8, 4) is 0 Å². The Hall–Kier alpha value is 0.0223. The van der Waals surface area contributed by atoms with E-state index < -0.39 is 15.8 Å². The third-order valence-electron chi connectivity index (χ3n) is 0. The van der Waals surface area contributed by atoms with Crippen molar-refractivity contribution in [2.75, 3.05) is 0 Å². The van der Waals surface area contributed by atoms with Crippen molar-refractivity contribution >= 4 is 0 Å². The summed E-state index contributed by atoms with van der Waals surface area (Å²) in [5.41, 5.74) is 0. The molecule has 0 saturated heterocycles. The molecule has 32 valence electrons. The fraction of sp³-hybridized carbons (Fsp3) is 0. The van der Waals surface area contributed by atoms with Gasteiger partial charge in [0.05, 0.1) is 0 Å². The quantitative estimate of drug-likeness (QED) is 0.523. The Morgan fingerprint density at radius 1 is 1.20 bits per heavy atom. The van der Waals surface area contributed by atoms with Crippen molar-refractivity contribution < 1.29 is 30.0 Å². The maximum absolute atomic E-state index is 8.64. The van der Waals surface area contributed by atoms with Crippen molar-refractivity contribution in [3.05, 3.63) is 0 Å². The number of rotatable bonds is 0. The van der Waals surface area contributed by atoms with Crippen LogP contribution in [0.15, 0.2) is 0 Å². The third kappa shape index (κ3) is 33000. The minimum atomic E-state index is -6.11. The average molecular weight is 252 g/mol. The summed E-state index contributed by atoms with van der Waals surface area (Å²) in [5.74, 6) is 0. The molecule has 0 rings (SSSR count). The zero-order valence-electron chi connectivity index (χ0n) is 2.01. The van der Waals surface area contributed by atoms with E-state index in [4.69, 9.17) is 14.2 Å². The van der Waals surface area contributed by atoms with E-state index in [1.54, 1.807) is 0 Å². The van der Waals surface area contributed by atoms with Crippen LogP contribution in [0.2, 0.25) is 0 Å². The van der Waals surface area contributed by atoms with E-state index in [9.17, 15) is 0 Å². The summed E-state index contributed by atoms with van der Waals surface area (Å²) in [7, 11) is 0. The molecule has 0 unspecified atom stereocenters. The van der Waals surface area contributed by atoms with Gasteiger partial charge in [0.1, 0.15) is 0 Å². The minimum absolute atomic E-state index is 6.11. The van der Waals surface area contributed by atoms with Gasteiger partial charge in [0, 0.05) is 0 Å². The Morgan fingerprint density at radius 2 is 1.20 bits per heavy atom. The molecule has 0 heterocycles. The Labute approximate surface area is 30.8 Å². The molecule has 0 spiro atoms. The first-order valence-electron chi connectivity index (χ1n) is 0.617. The second-order valence-corrected chi connectivity index (χ2v) is 3.09. The van der Waals surface area contributed by atoms with Gasteiger partial charge in [-0.1, -0.05) is 0 Å². The van der Waals surface area contributed by atoms with Gasteiger partial charge in [0.25, 0.3) is 0 Å². The second-order valence-electron chi connectivity index (χ2n) is 0.378. The number of hydrogen-bond acceptors (Lipinski definition) is 4. The van der Waals surface area contributed by atoms with Crippen LogP contribution in [0.3, 0.4) is 0 Å². The molecule has 0 fully saturated rings. The normalized spacial score (nSPS) is 11.4. The van der Waals surface area contributed by atoms with E-state index in [0.717, 1.165) is 0 Å². The van der Waals surface area contributed by atoms with E-state index in [1.165, 1.54) is 0 Å². The SMILES string of the molecule is [O]=[188Re](=[O])(=[O])[O-]. The van der Waals surface area contributed by atoms with E-state index in [-0.39, 0.29) is 0 Å². The summed E-state index contributed by atoms with van der Waals surface area (Å²) in [6, 6.07) is 0. The summed E-state index contributed by atoms with van der Waals surface area (Å²) in [6.45, 7) is 0. The van der Waals surface area contributed by atoms with Crippen molar-refractivity contribution in [2.24, 2.45) is 0 Å². The summed E-state index contributed by atoms with van der Waals surface area (Å²) in [6.07, 6.45) is 0. The van der Waals surface area contributed by atoms with Crippen LogP contribution < -0.4 is 3.83 Å². The van der Waals surface area contributed by atoms with Crippen LogP contribution in [-0.2, 0) is 26.2 Å². The molecule has 0 radical (unpaired) electrons. The van der Waals surface area contributed by atoms with Gasteiger partial charge in [-0.2, -0.15) is 0 Å². The van der Waals surface area contributed by atoms with Crippen molar-refractivity contribution in [1.82, 2.24) is 0 Å². The van der Waals surface area contributed by atoms with Crippen LogP contribution in [0.4, 0.5) is 0 Å². The molecular formula is O4Re-. The molecule has 0 amide bonds. The van der Waals surface area contributed by atoms with Crippen LogP contribution in [-0.4, -0.2) is 0 Å². The molecule has 0 aliphatic carbocycles. The zero-order valence-corrected chi connectivity index (χ0v) is 4.73. The van der Waals surface area contributed by atoms with E-state index in [2.05, 4.69) is 0 Å². The molecule has 0 aromatic rings. The molecule has 0 aliphatic rings. The molecule has 0 aliphatic heterocycles. The monoisotopic (exact) mass is 252 g/mol. The van der Waals surface area contributed by atoms with Crippen LogP contribution in [0.5, 0.6) is 0 Å². The fourth-order valence-corrected chi connectivity index (χ4v) is 0. The molecule has 0 atom stereocenters. The van der Waals surface area contributed by atoms with Gasteiger partial charge < -0.3 is 0 Å². The Kier molecular flexibility index (Phi) is 1.02. The van der Waals surface area contributed by atoms with Crippen molar-refractivity contribution in [2.45, 2.75) is 0 Å². The molecule has 0 aromatic carbocycles. The molecule has 0 N–H and O–H groups in total. The average Bonchev–Trinajstić information content (AvgIpc) is 0.722. The van der Waals surface area contributed by atoms with Gasteiger partial charge in [-0.25, -0.2) is 0 Å². The van der Waals surface area contributed by atoms with E-state index in [1.807, 2.05) is 0 Å². The Balaban J connectivity index is 4.87. The van der Waals surface area contributed by atoms with Crippen LogP contribution in [0, 0.1) is 0 Å². The fourth-order valence-electron chi connectivity index (χ4n) is 0. The predicted octanol–water partition coefficient (Wildman–Crippen LogP) is -1.55. The van der Waals surface area contributed by atoms with Crippen LogP contribution >= 0.6 is 0 Å². The molecule has 0 saturated carbocycles. The first kappa shape index (κ1) is 5.02. The van der Waals surface area contributed by atoms with Crippen molar-refractivity contribution in [1.29, 1.82) is 0 Å². The molecule has 0 bridgehead atoms. The van der Waals surface area contributed by atoms with Gasteiger partial charge in [-0.05, 0) is 0 Å². The van der Waals surface area contributed by atoms with Crippen molar-refractivity contribution in [3.63, 3.8) is 0 Å². The summed E-state index contributed by atoms with van der Waals surface area (Å²) < 4.78 is 34.6. The molecule has 5 heavy (non-hydrogen) atoms. The summed E-state index contributed by atoms with van der Waals surface area (Å²) >= 11 is -6.11. The Bertz CT molecular complexity index is 125. The maximum atomic E-state index is 8.64. The van der Waals surface area contributed by atoms with Gasteiger partial charge >= 0.3 is 30.0 Å². The Morgan fingerprint density at radius 3 is 1.20 bits per heavy atom. The number of hydrogen-bond donors (Lipinski definition) is 0. The predicted molar refractivity (Wildman–Crippen MR) is 2.06 cm³/mol. The molecule has 4 nitrogen and oxygen atoms in total. The van der Waals surface area contributed by atoms with Gasteiger partial charge in [-0.15, -0.1) is 0 Å². The van der Waals surface area contributed by atoms with E-state index >= 15 is 0 Å². The third-order valence-corrected chi connectivity index (χ3v) is 0. The van der Waals surface area contributed by atoms with Crippen LogP contribution in [0.1, 0.15) is 0 Å². The van der Waals surface area contributed by atoms with E-state index in [0.29, 0.717) is 0 Å². The summed E-state index contributed by atoms with van der Waals surface area (Å²) in [5, 5.41) is 0. The molecule has 0 aromatic heterocycles. The van der Waals surface area contributed by atoms with Gasteiger partial charge in [-0.3, -0.25) is 0 Å². The topological polar surface area (TPSA) is 74.3 Å². The van der Waals surface area contributed by atoms with Gasteiger partial charge in [0.15, 0.2) is 0 Å². The van der Waals surface area contributed by atoms with Gasteiger partial charge in [0.2, 0.25) is 0 Å². The second kappa shape index (κ2) is 1.01. The first-order chi connectivity index (χ1) is 2.00. The first-order valence-corrected chi connectivity index (χ1v) is 5.05. The molecule has 5 heteroatoms. The van der Waals surface area contributed by atoms with Crippen LogP contribution in [0.25, 0.3) is 0 Å².